The number of thiol groups is 1. The van der Waals surface area contributed by atoms with Gasteiger partial charge in [-0.3, -0.25) is 0 Å². The Balaban J connectivity index is 2.16. The molecular weight excluding hydrogens is 144 g/mol. The first-order chi connectivity index (χ1) is 4.47. The molecule has 10 heavy (non-hydrogen) atoms. The van der Waals surface area contributed by atoms with Gasteiger partial charge in [-0.05, 0) is 33.6 Å². The smallest absolute Gasteiger partial charge is 0.0603 e. The summed E-state index contributed by atoms with van der Waals surface area (Å²) in [5.74, 6) is 0. The van der Waals surface area contributed by atoms with E-state index >= 15 is 0 Å². The average Bonchev–Trinajstić information content (AvgIpc) is 1.57. The largest absolute Gasteiger partial charge is 0.373 e. The summed E-state index contributed by atoms with van der Waals surface area (Å²) in [6.07, 6.45) is 2.73. The van der Waals surface area contributed by atoms with Crippen molar-refractivity contribution in [2.75, 3.05) is 0 Å². The Labute approximate surface area is 68.6 Å². The fraction of sp³-hybridized carbons (Fsp3) is 1.00. The summed E-state index contributed by atoms with van der Waals surface area (Å²) in [5.41, 5.74) is 0.0264. The Hall–Kier alpha value is 0.310. The van der Waals surface area contributed by atoms with Gasteiger partial charge in [0.2, 0.25) is 0 Å². The Morgan fingerprint density at radius 2 is 1.80 bits per heavy atom. The SMILES string of the molecule is CC(C)(C)OC1CC(S)C1. The van der Waals surface area contributed by atoms with Crippen molar-refractivity contribution >= 4 is 12.6 Å². The molecule has 1 aliphatic carbocycles. The zero-order valence-corrected chi connectivity index (χ0v) is 7.82. The Bertz CT molecular complexity index is 111. The fourth-order valence-corrected chi connectivity index (χ4v) is 1.60. The molecule has 1 aliphatic rings. The summed E-state index contributed by atoms with van der Waals surface area (Å²) in [7, 11) is 0. The van der Waals surface area contributed by atoms with E-state index in [0.717, 1.165) is 12.8 Å². The zero-order chi connectivity index (χ0) is 7.78. The zero-order valence-electron chi connectivity index (χ0n) is 6.92. The molecule has 0 radical (unpaired) electrons. The van der Waals surface area contributed by atoms with Gasteiger partial charge in [0.1, 0.15) is 0 Å². The molecule has 0 aromatic heterocycles. The molecule has 2 heteroatoms. The van der Waals surface area contributed by atoms with Gasteiger partial charge in [-0.2, -0.15) is 12.6 Å². The first-order valence-corrected chi connectivity index (χ1v) is 4.35. The lowest BCUT2D eigenvalue weighted by Gasteiger charge is -2.36. The van der Waals surface area contributed by atoms with Crippen molar-refractivity contribution in [1.82, 2.24) is 0 Å². The van der Waals surface area contributed by atoms with Crippen molar-refractivity contribution in [2.45, 2.75) is 50.6 Å². The highest BCUT2D eigenvalue weighted by molar-refractivity contribution is 7.81. The summed E-state index contributed by atoms with van der Waals surface area (Å²) >= 11 is 4.31. The topological polar surface area (TPSA) is 9.23 Å². The molecule has 0 spiro atoms. The van der Waals surface area contributed by atoms with Crippen LogP contribution in [0.1, 0.15) is 33.6 Å². The van der Waals surface area contributed by atoms with Crippen molar-refractivity contribution in [1.29, 1.82) is 0 Å². The van der Waals surface area contributed by atoms with Gasteiger partial charge in [0.25, 0.3) is 0 Å². The Kier molecular flexibility index (Phi) is 2.31. The van der Waals surface area contributed by atoms with Crippen molar-refractivity contribution in [3.8, 4) is 0 Å². The maximum absolute atomic E-state index is 5.70. The Morgan fingerprint density at radius 3 is 2.10 bits per heavy atom. The third-order valence-electron chi connectivity index (χ3n) is 1.59. The Morgan fingerprint density at radius 1 is 1.30 bits per heavy atom. The molecule has 1 nitrogen and oxygen atoms in total. The van der Waals surface area contributed by atoms with E-state index in [1.165, 1.54) is 0 Å². The van der Waals surface area contributed by atoms with E-state index in [1.54, 1.807) is 0 Å². The number of hydrogen-bond acceptors (Lipinski definition) is 2. The molecule has 1 saturated carbocycles. The van der Waals surface area contributed by atoms with Crippen molar-refractivity contribution < 1.29 is 4.74 Å². The van der Waals surface area contributed by atoms with Gasteiger partial charge in [-0.15, -0.1) is 0 Å². The van der Waals surface area contributed by atoms with Crippen LogP contribution in [0.15, 0.2) is 0 Å². The van der Waals surface area contributed by atoms with Crippen LogP contribution in [-0.2, 0) is 4.74 Å². The predicted molar refractivity (Wildman–Crippen MR) is 46.6 cm³/mol. The molecule has 0 N–H and O–H groups in total. The number of ether oxygens (including phenoxy) is 1. The second-order valence-electron chi connectivity index (χ2n) is 3.98. The van der Waals surface area contributed by atoms with Crippen LogP contribution in [-0.4, -0.2) is 17.0 Å². The van der Waals surface area contributed by atoms with Crippen LogP contribution in [0, 0.1) is 0 Å². The second-order valence-corrected chi connectivity index (χ2v) is 4.71. The van der Waals surface area contributed by atoms with Gasteiger partial charge in [0.05, 0.1) is 11.7 Å². The summed E-state index contributed by atoms with van der Waals surface area (Å²) in [6.45, 7) is 6.29. The highest BCUT2D eigenvalue weighted by Gasteiger charge is 2.30. The lowest BCUT2D eigenvalue weighted by atomic mass is 9.94. The normalized spacial score (nSPS) is 33.6. The van der Waals surface area contributed by atoms with Gasteiger partial charge >= 0.3 is 0 Å². The lowest BCUT2D eigenvalue weighted by Crippen LogP contribution is -2.37. The highest BCUT2D eigenvalue weighted by atomic mass is 32.1. The number of hydrogen-bond donors (Lipinski definition) is 1. The minimum Gasteiger partial charge on any atom is -0.373 e. The first kappa shape index (κ1) is 8.41. The van der Waals surface area contributed by atoms with E-state index in [2.05, 4.69) is 33.4 Å². The molecule has 0 amide bonds. The van der Waals surface area contributed by atoms with Crippen molar-refractivity contribution in [3.05, 3.63) is 0 Å². The van der Waals surface area contributed by atoms with E-state index in [0.29, 0.717) is 11.4 Å². The molecule has 0 bridgehead atoms. The average molecular weight is 160 g/mol. The van der Waals surface area contributed by atoms with Crippen LogP contribution >= 0.6 is 12.6 Å². The molecule has 0 aromatic rings. The van der Waals surface area contributed by atoms with Crippen LogP contribution in [0.25, 0.3) is 0 Å². The predicted octanol–water partition coefficient (Wildman–Crippen LogP) is 2.26. The van der Waals surface area contributed by atoms with Crippen molar-refractivity contribution in [2.24, 2.45) is 0 Å². The fourth-order valence-electron chi connectivity index (χ4n) is 1.13. The maximum atomic E-state index is 5.70. The molecule has 60 valence electrons. The van der Waals surface area contributed by atoms with Crippen LogP contribution in [0.4, 0.5) is 0 Å². The number of rotatable bonds is 1. The molecule has 1 rings (SSSR count). The molecule has 0 unspecified atom stereocenters. The molecular formula is C8H16OS. The van der Waals surface area contributed by atoms with Crippen LogP contribution < -0.4 is 0 Å². The third kappa shape index (κ3) is 2.51. The minimum atomic E-state index is 0.0264. The van der Waals surface area contributed by atoms with E-state index in [-0.39, 0.29) is 5.60 Å². The van der Waals surface area contributed by atoms with E-state index in [4.69, 9.17) is 4.74 Å². The third-order valence-corrected chi connectivity index (χ3v) is 2.01. The molecule has 0 heterocycles. The summed E-state index contributed by atoms with van der Waals surface area (Å²) < 4.78 is 5.70. The van der Waals surface area contributed by atoms with Crippen LogP contribution in [0.5, 0.6) is 0 Å². The van der Waals surface area contributed by atoms with Gasteiger partial charge in [-0.1, -0.05) is 0 Å². The second kappa shape index (κ2) is 2.74. The minimum absolute atomic E-state index is 0.0264. The lowest BCUT2D eigenvalue weighted by molar-refractivity contribution is -0.0889. The molecule has 0 saturated heterocycles. The van der Waals surface area contributed by atoms with E-state index < -0.39 is 0 Å². The van der Waals surface area contributed by atoms with Gasteiger partial charge in [0.15, 0.2) is 0 Å². The van der Waals surface area contributed by atoms with Gasteiger partial charge in [-0.25, -0.2) is 0 Å². The van der Waals surface area contributed by atoms with Gasteiger partial charge in [0, 0.05) is 5.25 Å². The van der Waals surface area contributed by atoms with E-state index in [1.807, 2.05) is 0 Å². The van der Waals surface area contributed by atoms with Crippen LogP contribution in [0.2, 0.25) is 0 Å². The summed E-state index contributed by atoms with van der Waals surface area (Å²) in [6, 6.07) is 0. The standard InChI is InChI=1S/C8H16OS/c1-8(2,3)9-6-4-7(10)5-6/h6-7,10H,4-5H2,1-3H3. The van der Waals surface area contributed by atoms with Gasteiger partial charge < -0.3 is 4.74 Å². The van der Waals surface area contributed by atoms with Crippen LogP contribution in [0.3, 0.4) is 0 Å². The maximum Gasteiger partial charge on any atom is 0.0603 e. The summed E-state index contributed by atoms with van der Waals surface area (Å²) in [5, 5.41) is 0.590. The highest BCUT2D eigenvalue weighted by Crippen LogP contribution is 2.30. The van der Waals surface area contributed by atoms with E-state index in [9.17, 15) is 0 Å². The molecule has 0 aromatic carbocycles. The quantitative estimate of drug-likeness (QED) is 0.579. The molecule has 1 fully saturated rings. The monoisotopic (exact) mass is 160 g/mol. The summed E-state index contributed by atoms with van der Waals surface area (Å²) in [4.78, 5) is 0. The first-order valence-electron chi connectivity index (χ1n) is 3.83. The van der Waals surface area contributed by atoms with Crippen molar-refractivity contribution in [3.63, 3.8) is 0 Å². The molecule has 0 aliphatic heterocycles. The molecule has 0 atom stereocenters.